The van der Waals surface area contributed by atoms with E-state index in [4.69, 9.17) is 10.5 Å². The minimum absolute atomic E-state index is 0. The summed E-state index contributed by atoms with van der Waals surface area (Å²) in [5, 5.41) is 0. The molecule has 18 heavy (non-hydrogen) atoms. The Morgan fingerprint density at radius 3 is 2.83 bits per heavy atom. The van der Waals surface area contributed by atoms with Gasteiger partial charge in [-0.3, -0.25) is 4.79 Å². The molecule has 2 N–H and O–H groups in total. The highest BCUT2D eigenvalue weighted by Crippen LogP contribution is 2.23. The van der Waals surface area contributed by atoms with Crippen molar-refractivity contribution in [3.05, 3.63) is 0 Å². The van der Waals surface area contributed by atoms with Gasteiger partial charge in [0.15, 0.2) is 0 Å². The van der Waals surface area contributed by atoms with Crippen LogP contribution in [0.15, 0.2) is 0 Å². The molecule has 0 aromatic carbocycles. The van der Waals surface area contributed by atoms with Crippen molar-refractivity contribution < 1.29 is 9.53 Å². The van der Waals surface area contributed by atoms with Crippen LogP contribution in [0.3, 0.4) is 0 Å². The Balaban J connectivity index is 0.00000162. The lowest BCUT2D eigenvalue weighted by Crippen LogP contribution is -2.45. The van der Waals surface area contributed by atoms with Crippen LogP contribution in [0.2, 0.25) is 0 Å². The number of likely N-dealkylation sites (tertiary alicyclic amines) is 1. The number of halogens is 1. The molecule has 0 aromatic rings. The van der Waals surface area contributed by atoms with Crippen LogP contribution in [0.4, 0.5) is 0 Å². The second kappa shape index (κ2) is 7.97. The first-order valence-electron chi connectivity index (χ1n) is 6.88. The number of carbonyl (C=O) groups is 1. The number of piperidine rings is 1. The van der Waals surface area contributed by atoms with Gasteiger partial charge in [0.1, 0.15) is 0 Å². The molecule has 0 spiro atoms. The summed E-state index contributed by atoms with van der Waals surface area (Å²) in [5.41, 5.74) is 5.60. The van der Waals surface area contributed by atoms with E-state index in [9.17, 15) is 4.79 Å². The van der Waals surface area contributed by atoms with E-state index < -0.39 is 0 Å². The van der Waals surface area contributed by atoms with Crippen molar-refractivity contribution in [1.29, 1.82) is 0 Å². The zero-order chi connectivity index (χ0) is 12.1. The Hall–Kier alpha value is -0.320. The number of hydrogen-bond acceptors (Lipinski definition) is 3. The average molecular weight is 277 g/mol. The molecule has 2 aliphatic rings. The van der Waals surface area contributed by atoms with Gasteiger partial charge in [0.25, 0.3) is 0 Å². The highest BCUT2D eigenvalue weighted by molar-refractivity contribution is 5.85. The third-order valence-electron chi connectivity index (χ3n) is 3.92. The molecular weight excluding hydrogens is 252 g/mol. The first-order chi connectivity index (χ1) is 8.31. The van der Waals surface area contributed by atoms with Gasteiger partial charge in [0.2, 0.25) is 5.91 Å². The van der Waals surface area contributed by atoms with Crippen molar-refractivity contribution in [2.24, 2.45) is 17.6 Å². The lowest BCUT2D eigenvalue weighted by atomic mass is 9.93. The van der Waals surface area contributed by atoms with Gasteiger partial charge in [-0.25, -0.2) is 0 Å². The summed E-state index contributed by atoms with van der Waals surface area (Å²) >= 11 is 0. The smallest absolute Gasteiger partial charge is 0.228 e. The van der Waals surface area contributed by atoms with Crippen LogP contribution in [0, 0.1) is 11.8 Å². The Bertz CT molecular complexity index is 255. The van der Waals surface area contributed by atoms with Gasteiger partial charge in [-0.2, -0.15) is 0 Å². The van der Waals surface area contributed by atoms with Crippen molar-refractivity contribution in [2.45, 2.75) is 32.1 Å². The molecule has 0 aromatic heterocycles. The highest BCUT2D eigenvalue weighted by atomic mass is 35.5. The van der Waals surface area contributed by atoms with Crippen LogP contribution in [0.25, 0.3) is 0 Å². The standard InChI is InChI=1S/C13H24N2O2.ClH/c14-6-5-11-3-1-7-15(9-11)13(16)12-4-2-8-17-10-12;/h11-12H,1-10,14H2;1H. The predicted octanol–water partition coefficient (Wildman–Crippen LogP) is 1.42. The number of nitrogens with zero attached hydrogens (tertiary/aromatic N) is 1. The van der Waals surface area contributed by atoms with E-state index >= 15 is 0 Å². The van der Waals surface area contributed by atoms with Gasteiger partial charge in [-0.15, -0.1) is 12.4 Å². The first kappa shape index (κ1) is 15.7. The monoisotopic (exact) mass is 276 g/mol. The number of rotatable bonds is 3. The van der Waals surface area contributed by atoms with Crippen LogP contribution in [0.5, 0.6) is 0 Å². The summed E-state index contributed by atoms with van der Waals surface area (Å²) in [6, 6.07) is 0. The van der Waals surface area contributed by atoms with Crippen LogP contribution in [-0.2, 0) is 9.53 Å². The zero-order valence-corrected chi connectivity index (χ0v) is 11.8. The minimum Gasteiger partial charge on any atom is -0.381 e. The molecule has 2 rings (SSSR count). The van der Waals surface area contributed by atoms with E-state index in [0.29, 0.717) is 18.4 Å². The molecule has 4 nitrogen and oxygen atoms in total. The lowest BCUT2D eigenvalue weighted by molar-refractivity contribution is -0.141. The second-order valence-corrected chi connectivity index (χ2v) is 5.28. The fourth-order valence-electron chi connectivity index (χ4n) is 2.93. The van der Waals surface area contributed by atoms with Gasteiger partial charge < -0.3 is 15.4 Å². The third-order valence-corrected chi connectivity index (χ3v) is 3.92. The topological polar surface area (TPSA) is 55.6 Å². The minimum atomic E-state index is 0. The summed E-state index contributed by atoms with van der Waals surface area (Å²) in [5.74, 6) is 1.04. The summed E-state index contributed by atoms with van der Waals surface area (Å²) in [7, 11) is 0. The molecule has 0 radical (unpaired) electrons. The maximum Gasteiger partial charge on any atom is 0.228 e. The fourth-order valence-corrected chi connectivity index (χ4v) is 2.93. The van der Waals surface area contributed by atoms with E-state index in [2.05, 4.69) is 0 Å². The molecule has 2 saturated heterocycles. The Kier molecular flexibility index (Phi) is 6.97. The Morgan fingerprint density at radius 2 is 2.17 bits per heavy atom. The molecule has 2 atom stereocenters. The Labute approximate surface area is 116 Å². The second-order valence-electron chi connectivity index (χ2n) is 5.28. The van der Waals surface area contributed by atoms with E-state index in [-0.39, 0.29) is 18.3 Å². The number of carbonyl (C=O) groups excluding carboxylic acids is 1. The van der Waals surface area contributed by atoms with Crippen molar-refractivity contribution in [1.82, 2.24) is 4.90 Å². The van der Waals surface area contributed by atoms with E-state index in [1.165, 1.54) is 6.42 Å². The summed E-state index contributed by atoms with van der Waals surface area (Å²) in [4.78, 5) is 14.4. The van der Waals surface area contributed by atoms with Gasteiger partial charge in [-0.05, 0) is 44.6 Å². The van der Waals surface area contributed by atoms with E-state index in [0.717, 1.165) is 51.9 Å². The van der Waals surface area contributed by atoms with Crippen molar-refractivity contribution in [2.75, 3.05) is 32.8 Å². The summed E-state index contributed by atoms with van der Waals surface area (Å²) in [6.45, 7) is 4.01. The normalized spacial score (nSPS) is 28.6. The molecule has 5 heteroatoms. The highest BCUT2D eigenvalue weighted by Gasteiger charge is 2.29. The SMILES string of the molecule is Cl.NCCC1CCCN(C(=O)C2CCCOC2)C1. The predicted molar refractivity (Wildman–Crippen MR) is 73.8 cm³/mol. The molecule has 1 amide bonds. The van der Waals surface area contributed by atoms with Crippen LogP contribution in [-0.4, -0.2) is 43.7 Å². The summed E-state index contributed by atoms with van der Waals surface area (Å²) < 4.78 is 5.40. The van der Waals surface area contributed by atoms with Gasteiger partial charge in [0, 0.05) is 19.7 Å². The third kappa shape index (κ3) is 4.11. The Morgan fingerprint density at radius 1 is 1.33 bits per heavy atom. The largest absolute Gasteiger partial charge is 0.381 e. The number of nitrogens with two attached hydrogens (primary N) is 1. The van der Waals surface area contributed by atoms with Crippen LogP contribution < -0.4 is 5.73 Å². The molecule has 0 saturated carbocycles. The molecule has 0 aliphatic carbocycles. The van der Waals surface area contributed by atoms with Crippen LogP contribution >= 0.6 is 12.4 Å². The van der Waals surface area contributed by atoms with Gasteiger partial charge in [-0.1, -0.05) is 0 Å². The first-order valence-corrected chi connectivity index (χ1v) is 6.88. The molecule has 106 valence electrons. The molecule has 0 bridgehead atoms. The van der Waals surface area contributed by atoms with Crippen molar-refractivity contribution in [3.63, 3.8) is 0 Å². The molecule has 2 fully saturated rings. The van der Waals surface area contributed by atoms with Gasteiger partial charge >= 0.3 is 0 Å². The maximum absolute atomic E-state index is 12.3. The zero-order valence-electron chi connectivity index (χ0n) is 11.0. The molecular formula is C13H25ClN2O2. The molecule has 2 unspecified atom stereocenters. The van der Waals surface area contributed by atoms with Crippen molar-refractivity contribution in [3.8, 4) is 0 Å². The fraction of sp³-hybridized carbons (Fsp3) is 0.923. The lowest BCUT2D eigenvalue weighted by Gasteiger charge is -2.35. The molecule has 2 aliphatic heterocycles. The quantitative estimate of drug-likeness (QED) is 0.848. The number of ether oxygens (including phenoxy) is 1. The van der Waals surface area contributed by atoms with Crippen LogP contribution in [0.1, 0.15) is 32.1 Å². The average Bonchev–Trinajstić information content (AvgIpc) is 2.40. The number of hydrogen-bond donors (Lipinski definition) is 1. The van der Waals surface area contributed by atoms with E-state index in [1.807, 2.05) is 4.90 Å². The van der Waals surface area contributed by atoms with Crippen molar-refractivity contribution >= 4 is 18.3 Å². The van der Waals surface area contributed by atoms with Gasteiger partial charge in [0.05, 0.1) is 12.5 Å². The number of amides is 1. The summed E-state index contributed by atoms with van der Waals surface area (Å²) in [6.07, 6.45) is 5.42. The van der Waals surface area contributed by atoms with E-state index in [1.54, 1.807) is 0 Å². The molecule has 2 heterocycles. The maximum atomic E-state index is 12.3.